The molecule has 2 fully saturated rings. The molecule has 0 saturated carbocycles. The number of amides is 2. The molecule has 0 bridgehead atoms. The lowest BCUT2D eigenvalue weighted by Crippen LogP contribution is -2.43. The normalized spacial score (nSPS) is 17.3. The molecule has 8 heteroatoms. The van der Waals surface area contributed by atoms with E-state index in [0.717, 1.165) is 43.4 Å². The smallest absolute Gasteiger partial charge is 0.256 e. The van der Waals surface area contributed by atoms with Gasteiger partial charge >= 0.3 is 0 Å². The van der Waals surface area contributed by atoms with Gasteiger partial charge in [0.1, 0.15) is 17.5 Å². The minimum Gasteiger partial charge on any atom is -0.356 e. The van der Waals surface area contributed by atoms with E-state index >= 15 is 0 Å². The number of hydrogen-bond acceptors (Lipinski definition) is 4. The molecule has 32 heavy (non-hydrogen) atoms. The van der Waals surface area contributed by atoms with E-state index in [9.17, 15) is 18.4 Å². The molecular formula is C24H28F2N4O2. The van der Waals surface area contributed by atoms with Gasteiger partial charge in [0.15, 0.2) is 0 Å². The highest BCUT2D eigenvalue weighted by Crippen LogP contribution is 2.23. The van der Waals surface area contributed by atoms with Crippen molar-refractivity contribution >= 4 is 17.6 Å². The van der Waals surface area contributed by atoms with E-state index in [4.69, 9.17) is 0 Å². The van der Waals surface area contributed by atoms with E-state index in [0.29, 0.717) is 38.5 Å². The summed E-state index contributed by atoms with van der Waals surface area (Å²) in [5, 5.41) is 3.03. The zero-order valence-corrected chi connectivity index (χ0v) is 18.0. The van der Waals surface area contributed by atoms with Crippen LogP contribution in [0.4, 0.5) is 14.6 Å². The number of likely N-dealkylation sites (tertiary alicyclic amines) is 1. The van der Waals surface area contributed by atoms with Gasteiger partial charge in [-0.3, -0.25) is 9.59 Å². The number of halogens is 2. The van der Waals surface area contributed by atoms with E-state index in [-0.39, 0.29) is 17.4 Å². The van der Waals surface area contributed by atoms with Gasteiger partial charge in [0.25, 0.3) is 5.91 Å². The van der Waals surface area contributed by atoms with Gasteiger partial charge < -0.3 is 15.1 Å². The van der Waals surface area contributed by atoms with Crippen molar-refractivity contribution in [2.45, 2.75) is 38.6 Å². The minimum absolute atomic E-state index is 0.0430. The highest BCUT2D eigenvalue weighted by molar-refractivity contribution is 5.94. The summed E-state index contributed by atoms with van der Waals surface area (Å²) in [5.41, 5.74) is 0.860. The molecule has 0 radical (unpaired) electrons. The first-order valence-electron chi connectivity index (χ1n) is 11.2. The van der Waals surface area contributed by atoms with E-state index in [2.05, 4.69) is 15.2 Å². The Bertz CT molecular complexity index is 970. The lowest BCUT2D eigenvalue weighted by atomic mass is 9.95. The summed E-state index contributed by atoms with van der Waals surface area (Å²) in [6.07, 6.45) is 6.35. The van der Waals surface area contributed by atoms with Crippen LogP contribution in [0.1, 0.15) is 48.0 Å². The van der Waals surface area contributed by atoms with Gasteiger partial charge in [-0.1, -0.05) is 6.07 Å². The largest absolute Gasteiger partial charge is 0.356 e. The Kier molecular flexibility index (Phi) is 6.97. The topological polar surface area (TPSA) is 65.5 Å². The molecule has 1 aromatic carbocycles. The van der Waals surface area contributed by atoms with Gasteiger partial charge in [0.05, 0.1) is 5.56 Å². The number of carbonyl (C=O) groups excluding carboxylic acids is 2. The first kappa shape index (κ1) is 22.2. The van der Waals surface area contributed by atoms with Crippen LogP contribution in [0.5, 0.6) is 0 Å². The van der Waals surface area contributed by atoms with Crippen molar-refractivity contribution in [1.82, 2.24) is 15.2 Å². The third kappa shape index (κ3) is 5.06. The van der Waals surface area contributed by atoms with Crippen molar-refractivity contribution in [1.29, 1.82) is 0 Å². The lowest BCUT2D eigenvalue weighted by molar-refractivity contribution is -0.126. The second-order valence-corrected chi connectivity index (χ2v) is 8.44. The number of anilines is 1. The molecule has 1 aromatic heterocycles. The summed E-state index contributed by atoms with van der Waals surface area (Å²) in [4.78, 5) is 33.6. The van der Waals surface area contributed by atoms with Gasteiger partial charge in [0.2, 0.25) is 5.91 Å². The molecular weight excluding hydrogens is 414 g/mol. The Balaban J connectivity index is 1.30. The maximum absolute atomic E-state index is 13.9. The van der Waals surface area contributed by atoms with Gasteiger partial charge in [-0.05, 0) is 50.3 Å². The Hall–Kier alpha value is -3.03. The zero-order valence-electron chi connectivity index (χ0n) is 18.0. The summed E-state index contributed by atoms with van der Waals surface area (Å²) in [6.45, 7) is 3.11. The average molecular weight is 443 g/mol. The number of nitrogens with one attached hydrogen (secondary N) is 1. The summed E-state index contributed by atoms with van der Waals surface area (Å²) < 4.78 is 27.0. The van der Waals surface area contributed by atoms with E-state index in [1.165, 1.54) is 17.4 Å². The van der Waals surface area contributed by atoms with Gasteiger partial charge in [-0.25, -0.2) is 13.8 Å². The molecule has 170 valence electrons. The maximum Gasteiger partial charge on any atom is 0.256 e. The van der Waals surface area contributed by atoms with Crippen molar-refractivity contribution in [3.63, 3.8) is 0 Å². The molecule has 2 aliphatic rings. The van der Waals surface area contributed by atoms with E-state index in [1.807, 2.05) is 12.1 Å². The van der Waals surface area contributed by atoms with Crippen molar-refractivity contribution in [2.75, 3.05) is 31.1 Å². The molecule has 4 rings (SSSR count). The molecule has 1 N–H and O–H groups in total. The molecule has 2 aliphatic heterocycles. The fraction of sp³-hybridized carbons (Fsp3) is 0.458. The Morgan fingerprint density at radius 1 is 1.03 bits per heavy atom. The number of piperidine rings is 2. The summed E-state index contributed by atoms with van der Waals surface area (Å²) in [6, 6.07) is 6.83. The summed E-state index contributed by atoms with van der Waals surface area (Å²) in [7, 11) is 0. The Morgan fingerprint density at radius 3 is 2.50 bits per heavy atom. The second-order valence-electron chi connectivity index (χ2n) is 8.44. The van der Waals surface area contributed by atoms with Crippen LogP contribution in [0.25, 0.3) is 0 Å². The maximum atomic E-state index is 13.9. The van der Waals surface area contributed by atoms with Crippen LogP contribution in [0.2, 0.25) is 0 Å². The summed E-state index contributed by atoms with van der Waals surface area (Å²) in [5.74, 6) is -1.36. The predicted molar refractivity (Wildman–Crippen MR) is 117 cm³/mol. The molecule has 2 aromatic rings. The molecule has 0 aliphatic carbocycles. The summed E-state index contributed by atoms with van der Waals surface area (Å²) >= 11 is 0. The number of aromatic nitrogens is 1. The van der Waals surface area contributed by atoms with Crippen LogP contribution in [0.3, 0.4) is 0 Å². The quantitative estimate of drug-likeness (QED) is 0.770. The third-order valence-corrected chi connectivity index (χ3v) is 6.29. The fourth-order valence-electron chi connectivity index (χ4n) is 4.46. The first-order valence-corrected chi connectivity index (χ1v) is 11.2. The monoisotopic (exact) mass is 442 g/mol. The van der Waals surface area contributed by atoms with Crippen LogP contribution in [0.15, 0.2) is 36.5 Å². The molecule has 2 saturated heterocycles. The number of pyridine rings is 1. The third-order valence-electron chi connectivity index (χ3n) is 6.29. The second kappa shape index (κ2) is 10.1. The Labute approximate surface area is 186 Å². The fourth-order valence-corrected chi connectivity index (χ4v) is 4.46. The Morgan fingerprint density at radius 2 is 1.78 bits per heavy atom. The number of nitrogens with zero attached hydrogens (tertiary/aromatic N) is 3. The molecule has 2 amide bonds. The number of rotatable bonds is 5. The van der Waals surface area contributed by atoms with Crippen molar-refractivity contribution in [3.05, 3.63) is 59.3 Å². The SMILES string of the molecule is O=C(NCc1cccnc1N1CCCCC1)C1CCN(C(=O)c2ccc(F)cc2F)CC1. The van der Waals surface area contributed by atoms with Crippen molar-refractivity contribution < 1.29 is 18.4 Å². The highest BCUT2D eigenvalue weighted by Gasteiger charge is 2.29. The van der Waals surface area contributed by atoms with Crippen LogP contribution in [0, 0.1) is 17.6 Å². The molecule has 0 spiro atoms. The van der Waals surface area contributed by atoms with Crippen molar-refractivity contribution in [2.24, 2.45) is 5.92 Å². The predicted octanol–water partition coefficient (Wildman–Crippen LogP) is 3.52. The van der Waals surface area contributed by atoms with Crippen LogP contribution in [-0.2, 0) is 11.3 Å². The molecule has 3 heterocycles. The van der Waals surface area contributed by atoms with Gasteiger partial charge in [-0.2, -0.15) is 0 Å². The lowest BCUT2D eigenvalue weighted by Gasteiger charge is -2.32. The van der Waals surface area contributed by atoms with Crippen molar-refractivity contribution in [3.8, 4) is 0 Å². The van der Waals surface area contributed by atoms with Gasteiger partial charge in [0, 0.05) is 56.5 Å². The molecule has 0 unspecified atom stereocenters. The van der Waals surface area contributed by atoms with E-state index in [1.54, 1.807) is 6.20 Å². The number of benzene rings is 1. The highest BCUT2D eigenvalue weighted by atomic mass is 19.1. The first-order chi connectivity index (χ1) is 15.5. The molecule has 0 atom stereocenters. The number of hydrogen-bond donors (Lipinski definition) is 1. The zero-order chi connectivity index (χ0) is 22.5. The van der Waals surface area contributed by atoms with Crippen LogP contribution in [-0.4, -0.2) is 47.9 Å². The van der Waals surface area contributed by atoms with Crippen LogP contribution >= 0.6 is 0 Å². The molecule has 6 nitrogen and oxygen atoms in total. The standard InChI is InChI=1S/C24H28F2N4O2/c25-19-6-7-20(21(26)15-19)24(32)30-13-8-17(9-14-30)23(31)28-16-18-5-4-10-27-22(18)29-11-2-1-3-12-29/h4-7,10,15,17H,1-3,8-9,11-14,16H2,(H,28,31). The van der Waals surface area contributed by atoms with Gasteiger partial charge in [-0.15, -0.1) is 0 Å². The average Bonchev–Trinajstić information content (AvgIpc) is 2.83. The number of carbonyl (C=O) groups is 2. The minimum atomic E-state index is -0.865. The van der Waals surface area contributed by atoms with E-state index < -0.39 is 17.5 Å². The van der Waals surface area contributed by atoms with Crippen LogP contribution < -0.4 is 10.2 Å².